The fourth-order valence-corrected chi connectivity index (χ4v) is 3.71. The number of carbonyl (C=O) groups is 1. The lowest BCUT2D eigenvalue weighted by atomic mass is 10.2. The van der Waals surface area contributed by atoms with Crippen LogP contribution in [0.4, 0.5) is 15.8 Å². The molecule has 2 aromatic carbocycles. The van der Waals surface area contributed by atoms with Crippen molar-refractivity contribution in [2.45, 2.75) is 22.4 Å². The van der Waals surface area contributed by atoms with Crippen molar-refractivity contribution in [1.29, 1.82) is 0 Å². The van der Waals surface area contributed by atoms with Gasteiger partial charge in [-0.25, -0.2) is 4.39 Å². The molecule has 0 aliphatic carbocycles. The fourth-order valence-electron chi connectivity index (χ4n) is 2.61. The van der Waals surface area contributed by atoms with Gasteiger partial charge in [-0.05, 0) is 24.3 Å². The van der Waals surface area contributed by atoms with Crippen molar-refractivity contribution in [3.05, 3.63) is 48.5 Å². The van der Waals surface area contributed by atoms with Gasteiger partial charge in [-0.3, -0.25) is 4.79 Å². The van der Waals surface area contributed by atoms with Crippen LogP contribution in [-0.4, -0.2) is 36.9 Å². The van der Waals surface area contributed by atoms with Crippen LogP contribution in [0, 0.1) is 0 Å². The molecule has 0 unspecified atom stereocenters. The number of hydrogen-bond donors (Lipinski definition) is 2. The van der Waals surface area contributed by atoms with Crippen LogP contribution in [0.1, 0.15) is 6.42 Å². The molecule has 3 rings (SSSR count). The number of para-hydroxylation sites is 2. The van der Waals surface area contributed by atoms with Gasteiger partial charge in [-0.15, -0.1) is 0 Å². The maximum atomic E-state index is 13.0. The van der Waals surface area contributed by atoms with E-state index in [0.29, 0.717) is 6.54 Å². The molecule has 1 atom stereocenters. The van der Waals surface area contributed by atoms with E-state index in [1.54, 1.807) is 11.8 Å². The van der Waals surface area contributed by atoms with E-state index in [1.165, 1.54) is 0 Å². The van der Waals surface area contributed by atoms with Crippen LogP contribution in [0.5, 0.6) is 0 Å². The maximum absolute atomic E-state index is 13.0. The Morgan fingerprint density at radius 3 is 2.29 bits per heavy atom. The summed E-state index contributed by atoms with van der Waals surface area (Å²) in [5.41, 5.74) is 2.15. The molecule has 0 saturated carbocycles. The Balaban J connectivity index is 1.72. The molecule has 126 valence electrons. The van der Waals surface area contributed by atoms with Crippen molar-refractivity contribution in [3.63, 3.8) is 0 Å². The quantitative estimate of drug-likeness (QED) is 0.844. The summed E-state index contributed by atoms with van der Waals surface area (Å²) in [4.78, 5) is 16.4. The molecule has 0 spiro atoms. The summed E-state index contributed by atoms with van der Waals surface area (Å²) >= 11 is 1.72. The average Bonchev–Trinajstić information content (AvgIpc) is 2.63. The van der Waals surface area contributed by atoms with Crippen LogP contribution in [0.3, 0.4) is 0 Å². The number of nitrogens with one attached hydrogen (secondary N) is 1. The summed E-state index contributed by atoms with van der Waals surface area (Å²) in [6.07, 6.45) is -1.16. The van der Waals surface area contributed by atoms with E-state index in [1.807, 2.05) is 36.4 Å². The minimum absolute atomic E-state index is 0.154. The van der Waals surface area contributed by atoms with Crippen molar-refractivity contribution in [1.82, 2.24) is 5.32 Å². The first-order chi connectivity index (χ1) is 11.7. The van der Waals surface area contributed by atoms with E-state index < -0.39 is 12.8 Å². The molecule has 2 N–H and O–H groups in total. The second-order valence-electron chi connectivity index (χ2n) is 5.52. The summed E-state index contributed by atoms with van der Waals surface area (Å²) in [6, 6.07) is 16.2. The number of carbonyl (C=O) groups excluding carboxylic acids is 1. The Morgan fingerprint density at radius 2 is 1.71 bits per heavy atom. The summed E-state index contributed by atoms with van der Waals surface area (Å²) in [6.45, 7) is -0.223. The summed E-state index contributed by atoms with van der Waals surface area (Å²) in [5, 5.41) is 11.2. The van der Waals surface area contributed by atoms with E-state index in [2.05, 4.69) is 22.3 Å². The number of aliphatic hydroxyl groups excluding tert-OH is 1. The van der Waals surface area contributed by atoms with E-state index in [4.69, 9.17) is 5.11 Å². The van der Waals surface area contributed by atoms with E-state index in [0.717, 1.165) is 21.2 Å². The number of halogens is 1. The van der Waals surface area contributed by atoms with E-state index in [-0.39, 0.29) is 18.9 Å². The molecule has 2 aromatic rings. The summed E-state index contributed by atoms with van der Waals surface area (Å²) in [7, 11) is 0. The van der Waals surface area contributed by atoms with Gasteiger partial charge in [-0.1, -0.05) is 36.0 Å². The van der Waals surface area contributed by atoms with Crippen molar-refractivity contribution in [3.8, 4) is 0 Å². The highest BCUT2D eigenvalue weighted by atomic mass is 32.2. The van der Waals surface area contributed by atoms with Gasteiger partial charge in [0.05, 0.1) is 24.5 Å². The molecular weight excluding hydrogens is 327 g/mol. The molecule has 24 heavy (non-hydrogen) atoms. The highest BCUT2D eigenvalue weighted by Gasteiger charge is 2.23. The molecule has 1 heterocycles. The lowest BCUT2D eigenvalue weighted by Crippen LogP contribution is -2.34. The number of rotatable bonds is 6. The third-order valence-corrected chi connectivity index (χ3v) is 4.94. The molecule has 1 aliphatic heterocycles. The van der Waals surface area contributed by atoms with Crippen molar-refractivity contribution in [2.75, 3.05) is 24.6 Å². The predicted molar refractivity (Wildman–Crippen MR) is 93.6 cm³/mol. The first-order valence-corrected chi connectivity index (χ1v) is 8.66. The Labute approximate surface area is 144 Å². The zero-order chi connectivity index (χ0) is 16.9. The third kappa shape index (κ3) is 3.71. The van der Waals surface area contributed by atoms with Crippen LogP contribution in [0.25, 0.3) is 0 Å². The number of nitrogens with zero attached hydrogens (tertiary/aromatic N) is 1. The van der Waals surface area contributed by atoms with E-state index in [9.17, 15) is 9.18 Å². The van der Waals surface area contributed by atoms with Crippen molar-refractivity contribution in [2.24, 2.45) is 0 Å². The molecule has 0 fully saturated rings. The highest BCUT2D eigenvalue weighted by Crippen LogP contribution is 2.47. The van der Waals surface area contributed by atoms with Gasteiger partial charge >= 0.3 is 0 Å². The number of aliphatic hydroxyl groups is 1. The first kappa shape index (κ1) is 16.8. The Hall–Kier alpha value is -2.05. The van der Waals surface area contributed by atoms with Crippen LogP contribution in [0.15, 0.2) is 58.3 Å². The van der Waals surface area contributed by atoms with Crippen LogP contribution in [0.2, 0.25) is 0 Å². The molecule has 1 amide bonds. The number of amides is 1. The van der Waals surface area contributed by atoms with Gasteiger partial charge in [-0.2, -0.15) is 0 Å². The monoisotopic (exact) mass is 346 g/mol. The fraction of sp³-hybridized carbons (Fsp3) is 0.278. The molecule has 0 aromatic heterocycles. The maximum Gasteiger partial charge on any atom is 0.221 e. The molecule has 4 nitrogen and oxygen atoms in total. The number of hydrogen-bond acceptors (Lipinski definition) is 4. The molecular formula is C18H19FN2O2S. The smallest absolute Gasteiger partial charge is 0.221 e. The minimum atomic E-state index is -1.42. The Bertz CT molecular complexity index is 680. The largest absolute Gasteiger partial charge is 0.393 e. The van der Waals surface area contributed by atoms with Gasteiger partial charge in [0, 0.05) is 22.8 Å². The summed E-state index contributed by atoms with van der Waals surface area (Å²) in [5.74, 6) is -0.223. The molecule has 6 heteroatoms. The lowest BCUT2D eigenvalue weighted by molar-refractivity contribution is -0.121. The standard InChI is InChI=1S/C18H19FN2O2S/c19-13(12-22)11-20-18(23)9-10-21-14-5-1-3-7-16(14)24-17-8-4-2-6-15(17)21/h1-8,13,22H,9-12H2,(H,20,23)/t13-/m0/s1. The van der Waals surface area contributed by atoms with Gasteiger partial charge in [0.2, 0.25) is 5.91 Å². The van der Waals surface area contributed by atoms with Gasteiger partial charge in [0.15, 0.2) is 0 Å². The highest BCUT2D eigenvalue weighted by molar-refractivity contribution is 7.99. The van der Waals surface area contributed by atoms with Crippen molar-refractivity contribution < 1.29 is 14.3 Å². The molecule has 1 aliphatic rings. The van der Waals surface area contributed by atoms with Crippen LogP contribution < -0.4 is 10.2 Å². The topological polar surface area (TPSA) is 52.6 Å². The Morgan fingerprint density at radius 1 is 1.12 bits per heavy atom. The zero-order valence-electron chi connectivity index (χ0n) is 13.1. The number of fused-ring (bicyclic) bond motifs is 2. The van der Waals surface area contributed by atoms with Crippen molar-refractivity contribution >= 4 is 29.0 Å². The normalized spacial score (nSPS) is 13.8. The Kier molecular flexibility index (Phi) is 5.37. The average molecular weight is 346 g/mol. The lowest BCUT2D eigenvalue weighted by Gasteiger charge is -2.32. The SMILES string of the molecule is O=C(CCN1c2ccccc2Sc2ccccc21)NC[C@H](F)CO. The minimum Gasteiger partial charge on any atom is -0.393 e. The number of alkyl halides is 1. The van der Waals surface area contributed by atoms with Gasteiger partial charge in [0.1, 0.15) is 6.17 Å². The molecule has 0 saturated heterocycles. The van der Waals surface area contributed by atoms with Crippen LogP contribution >= 0.6 is 11.8 Å². The van der Waals surface area contributed by atoms with E-state index >= 15 is 0 Å². The zero-order valence-corrected chi connectivity index (χ0v) is 13.9. The summed E-state index contributed by atoms with van der Waals surface area (Å²) < 4.78 is 13.0. The first-order valence-electron chi connectivity index (χ1n) is 7.84. The molecule has 0 radical (unpaired) electrons. The second-order valence-corrected chi connectivity index (χ2v) is 6.61. The number of benzene rings is 2. The second kappa shape index (κ2) is 7.68. The third-order valence-electron chi connectivity index (χ3n) is 3.81. The van der Waals surface area contributed by atoms with Crippen LogP contribution in [-0.2, 0) is 4.79 Å². The van der Waals surface area contributed by atoms with Gasteiger partial charge < -0.3 is 15.3 Å². The van der Waals surface area contributed by atoms with Gasteiger partial charge in [0.25, 0.3) is 0 Å². The number of anilines is 2. The predicted octanol–water partition coefficient (Wildman–Crippen LogP) is 3.13. The molecule has 0 bridgehead atoms.